The zero-order valence-corrected chi connectivity index (χ0v) is 10.4. The Hall–Kier alpha value is -1.46. The van der Waals surface area contributed by atoms with Gasteiger partial charge in [0.25, 0.3) is 0 Å². The third-order valence-electron chi connectivity index (χ3n) is 2.40. The monoisotopic (exact) mass is 273 g/mol. The lowest BCUT2D eigenvalue weighted by Crippen LogP contribution is -1.87. The molecule has 0 amide bonds. The second kappa shape index (κ2) is 5.05. The molecule has 2 aromatic carbocycles. The van der Waals surface area contributed by atoms with Crippen LogP contribution in [0.5, 0.6) is 0 Å². The third kappa shape index (κ3) is 2.20. The molecular weight excluding hydrogens is 262 g/mol. The van der Waals surface area contributed by atoms with Gasteiger partial charge < -0.3 is 5.73 Å². The van der Waals surface area contributed by atoms with E-state index in [-0.39, 0.29) is 0 Å². The van der Waals surface area contributed by atoms with Crippen LogP contribution in [-0.2, 0) is 0 Å². The fraction of sp³-hybridized carbons (Fsp3) is 0.143. The molecule has 0 saturated carbocycles. The first-order chi connectivity index (χ1) is 7.83. The summed E-state index contributed by atoms with van der Waals surface area (Å²) in [5, 5.41) is 3.12. The van der Waals surface area contributed by atoms with Crippen LogP contribution in [-0.4, -0.2) is 5.33 Å². The molecule has 0 bridgehead atoms. The van der Waals surface area contributed by atoms with Crippen molar-refractivity contribution in [2.75, 3.05) is 11.1 Å². The lowest BCUT2D eigenvalue weighted by atomic mass is 10.0. The quantitative estimate of drug-likeness (QED) is 0.480. The first-order valence-corrected chi connectivity index (χ1v) is 6.27. The molecule has 0 heterocycles. The molecule has 1 nitrogen and oxygen atoms in total. The molecule has 0 atom stereocenters. The minimum Gasteiger partial charge on any atom is -0.398 e. The molecule has 2 heteroatoms. The van der Waals surface area contributed by atoms with E-state index in [1.165, 1.54) is 0 Å². The van der Waals surface area contributed by atoms with E-state index in [2.05, 4.69) is 33.8 Å². The van der Waals surface area contributed by atoms with Crippen molar-refractivity contribution in [3.8, 4) is 11.8 Å². The van der Waals surface area contributed by atoms with Crippen LogP contribution in [0.15, 0.2) is 36.4 Å². The Morgan fingerprint density at radius 2 is 1.81 bits per heavy atom. The van der Waals surface area contributed by atoms with Crippen LogP contribution < -0.4 is 5.73 Å². The first-order valence-electron chi connectivity index (χ1n) is 5.15. The van der Waals surface area contributed by atoms with Crippen molar-refractivity contribution in [3.05, 3.63) is 42.0 Å². The fourth-order valence-corrected chi connectivity index (χ4v) is 1.85. The van der Waals surface area contributed by atoms with E-state index in [0.29, 0.717) is 0 Å². The number of alkyl halides is 1. The Kier molecular flexibility index (Phi) is 3.48. The highest BCUT2D eigenvalue weighted by Gasteiger charge is 1.99. The minimum atomic E-state index is 0.807. The second-order valence-corrected chi connectivity index (χ2v) is 4.28. The molecule has 2 aromatic rings. The number of nitrogens with two attached hydrogens (primary N) is 1. The maximum atomic E-state index is 5.92. The molecule has 0 spiro atoms. The van der Waals surface area contributed by atoms with Crippen molar-refractivity contribution in [3.63, 3.8) is 0 Å². The average Bonchev–Trinajstić information content (AvgIpc) is 2.31. The summed E-state index contributed by atoms with van der Waals surface area (Å²) >= 11 is 3.36. The van der Waals surface area contributed by atoms with Crippen molar-refractivity contribution in [1.29, 1.82) is 0 Å². The smallest absolute Gasteiger partial charge is 0.0394 e. The average molecular weight is 274 g/mol. The fourth-order valence-electron chi connectivity index (χ4n) is 1.65. The summed E-state index contributed by atoms with van der Waals surface area (Å²) in [7, 11) is 0. The number of benzene rings is 2. The van der Waals surface area contributed by atoms with E-state index in [4.69, 9.17) is 5.73 Å². The standard InChI is InChI=1S/C14H12BrN/c15-10-2-1-5-11-6-3-8-13-12(11)7-4-9-14(13)16/h3-4,6-9H,2,10,16H2. The van der Waals surface area contributed by atoms with Crippen molar-refractivity contribution < 1.29 is 0 Å². The number of hydrogen-bond acceptors (Lipinski definition) is 1. The van der Waals surface area contributed by atoms with Gasteiger partial charge in [0.05, 0.1) is 0 Å². The molecule has 16 heavy (non-hydrogen) atoms. The Morgan fingerprint density at radius 3 is 2.62 bits per heavy atom. The zero-order chi connectivity index (χ0) is 11.4. The van der Waals surface area contributed by atoms with Gasteiger partial charge in [-0.2, -0.15) is 0 Å². The normalized spacial score (nSPS) is 9.81. The Balaban J connectivity index is 2.55. The van der Waals surface area contributed by atoms with Gasteiger partial charge in [-0.1, -0.05) is 52.0 Å². The van der Waals surface area contributed by atoms with E-state index in [9.17, 15) is 0 Å². The molecule has 0 saturated heterocycles. The molecule has 0 aliphatic carbocycles. The predicted octanol–water partition coefficient (Wildman–Crippen LogP) is 3.56. The summed E-state index contributed by atoms with van der Waals surface area (Å²) in [5.41, 5.74) is 7.78. The van der Waals surface area contributed by atoms with Crippen molar-refractivity contribution in [1.82, 2.24) is 0 Å². The van der Waals surface area contributed by atoms with Crippen LogP contribution in [0.1, 0.15) is 12.0 Å². The van der Waals surface area contributed by atoms with Crippen LogP contribution in [0, 0.1) is 11.8 Å². The van der Waals surface area contributed by atoms with Crippen LogP contribution in [0.25, 0.3) is 10.8 Å². The van der Waals surface area contributed by atoms with Crippen LogP contribution in [0.3, 0.4) is 0 Å². The summed E-state index contributed by atoms with van der Waals surface area (Å²) in [6.07, 6.45) is 0.860. The highest BCUT2D eigenvalue weighted by Crippen LogP contribution is 2.23. The molecule has 2 N–H and O–H groups in total. The van der Waals surface area contributed by atoms with Crippen LogP contribution >= 0.6 is 15.9 Å². The topological polar surface area (TPSA) is 26.0 Å². The van der Waals surface area contributed by atoms with Gasteiger partial charge in [0.2, 0.25) is 0 Å². The number of nitrogen functional groups attached to an aromatic ring is 1. The van der Waals surface area contributed by atoms with E-state index in [1.54, 1.807) is 0 Å². The van der Waals surface area contributed by atoms with Gasteiger partial charge in [0.15, 0.2) is 0 Å². The largest absolute Gasteiger partial charge is 0.398 e. The zero-order valence-electron chi connectivity index (χ0n) is 8.83. The molecule has 0 unspecified atom stereocenters. The third-order valence-corrected chi connectivity index (χ3v) is 2.79. The molecular formula is C14H12BrN. The van der Waals surface area contributed by atoms with E-state index in [0.717, 1.165) is 33.8 Å². The van der Waals surface area contributed by atoms with Crippen molar-refractivity contribution in [2.24, 2.45) is 0 Å². The van der Waals surface area contributed by atoms with E-state index in [1.807, 2.05) is 30.3 Å². The number of hydrogen-bond donors (Lipinski definition) is 1. The predicted molar refractivity (Wildman–Crippen MR) is 73.6 cm³/mol. The number of halogens is 1. The lowest BCUT2D eigenvalue weighted by molar-refractivity contribution is 1.32. The highest BCUT2D eigenvalue weighted by molar-refractivity contribution is 9.09. The van der Waals surface area contributed by atoms with E-state index >= 15 is 0 Å². The molecule has 0 aliphatic heterocycles. The van der Waals surface area contributed by atoms with Gasteiger partial charge in [0, 0.05) is 28.4 Å². The minimum absolute atomic E-state index is 0.807. The lowest BCUT2D eigenvalue weighted by Gasteiger charge is -2.03. The van der Waals surface area contributed by atoms with Gasteiger partial charge in [0.1, 0.15) is 0 Å². The Labute approximate surface area is 104 Å². The van der Waals surface area contributed by atoms with Crippen LogP contribution in [0.2, 0.25) is 0 Å². The van der Waals surface area contributed by atoms with Crippen molar-refractivity contribution >= 4 is 32.4 Å². The van der Waals surface area contributed by atoms with Gasteiger partial charge in [-0.05, 0) is 17.5 Å². The number of anilines is 1. The summed E-state index contributed by atoms with van der Waals surface area (Å²) < 4.78 is 0. The van der Waals surface area contributed by atoms with Crippen LogP contribution in [0.4, 0.5) is 5.69 Å². The molecule has 80 valence electrons. The number of rotatable bonds is 1. The van der Waals surface area contributed by atoms with Gasteiger partial charge in [-0.15, -0.1) is 0 Å². The SMILES string of the molecule is Nc1cccc2c(C#CCCBr)cccc12. The molecule has 2 rings (SSSR count). The summed E-state index contributed by atoms with van der Waals surface area (Å²) in [5.74, 6) is 6.31. The maximum Gasteiger partial charge on any atom is 0.0394 e. The van der Waals surface area contributed by atoms with E-state index < -0.39 is 0 Å². The maximum absolute atomic E-state index is 5.92. The molecule has 0 fully saturated rings. The van der Waals surface area contributed by atoms with Gasteiger partial charge in [-0.3, -0.25) is 0 Å². The molecule has 0 aromatic heterocycles. The summed E-state index contributed by atoms with van der Waals surface area (Å²) in [4.78, 5) is 0. The van der Waals surface area contributed by atoms with Crippen molar-refractivity contribution in [2.45, 2.75) is 6.42 Å². The molecule has 0 radical (unpaired) electrons. The highest BCUT2D eigenvalue weighted by atomic mass is 79.9. The van der Waals surface area contributed by atoms with Gasteiger partial charge in [-0.25, -0.2) is 0 Å². The summed E-state index contributed by atoms with van der Waals surface area (Å²) in [6, 6.07) is 12.0. The second-order valence-electron chi connectivity index (χ2n) is 3.49. The first kappa shape index (κ1) is 11.0. The Morgan fingerprint density at radius 1 is 1.06 bits per heavy atom. The Bertz CT molecular complexity index is 564. The summed E-state index contributed by atoms with van der Waals surface area (Å²) in [6.45, 7) is 0. The molecule has 0 aliphatic rings. The van der Waals surface area contributed by atoms with Gasteiger partial charge >= 0.3 is 0 Å². The number of fused-ring (bicyclic) bond motifs is 1.